The number of hydrogen-bond donors (Lipinski definition) is 2. The van der Waals surface area contributed by atoms with Gasteiger partial charge in [0.2, 0.25) is 5.91 Å². The summed E-state index contributed by atoms with van der Waals surface area (Å²) in [5.74, 6) is -0.445. The average Bonchev–Trinajstić information content (AvgIpc) is 2.77. The third-order valence-corrected chi connectivity index (χ3v) is 6.80. The van der Waals surface area contributed by atoms with Crippen LogP contribution in [0.2, 0.25) is 5.31 Å². The normalized spacial score (nSPS) is 18.2. The van der Waals surface area contributed by atoms with E-state index in [0.29, 0.717) is 12.3 Å². The predicted molar refractivity (Wildman–Crippen MR) is 130 cm³/mol. The summed E-state index contributed by atoms with van der Waals surface area (Å²) >= 11 is 0. The highest BCUT2D eigenvalue weighted by Crippen LogP contribution is 2.54. The molecule has 33 heavy (non-hydrogen) atoms. The lowest BCUT2D eigenvalue weighted by Gasteiger charge is -2.59. The van der Waals surface area contributed by atoms with E-state index in [1.165, 1.54) is 18.6 Å². The van der Waals surface area contributed by atoms with E-state index in [4.69, 9.17) is 4.65 Å². The van der Waals surface area contributed by atoms with Crippen molar-refractivity contribution in [3.63, 3.8) is 0 Å². The summed E-state index contributed by atoms with van der Waals surface area (Å²) < 4.78 is 6.23. The summed E-state index contributed by atoms with van der Waals surface area (Å²) in [4.78, 5) is 34.3. The molecular formula is C25H35BN4O3. The largest absolute Gasteiger partial charge is 0.428 e. The van der Waals surface area contributed by atoms with Crippen LogP contribution in [0, 0.1) is 5.92 Å². The molecule has 0 bridgehead atoms. The number of carbonyl (C=O) groups is 2. The number of carbonyl (C=O) groups excluding carboxylic acids is 2. The Morgan fingerprint density at radius 3 is 2.30 bits per heavy atom. The minimum atomic E-state index is -0.757. The molecule has 2 amide bonds. The lowest BCUT2D eigenvalue weighted by atomic mass is 9.32. The maximum absolute atomic E-state index is 13.5. The highest BCUT2D eigenvalue weighted by atomic mass is 16.5. The van der Waals surface area contributed by atoms with Crippen LogP contribution in [-0.4, -0.2) is 46.3 Å². The summed E-state index contributed by atoms with van der Waals surface area (Å²) in [5.41, 5.74) is 0.868. The molecule has 1 saturated heterocycles. The Bertz CT molecular complexity index is 951. The predicted octanol–water partition coefficient (Wildman–Crippen LogP) is 3.47. The summed E-state index contributed by atoms with van der Waals surface area (Å²) in [5, 5.41) is 5.96. The van der Waals surface area contributed by atoms with Crippen LogP contribution in [0.3, 0.4) is 0 Å². The molecule has 1 aliphatic rings. The van der Waals surface area contributed by atoms with Crippen molar-refractivity contribution >= 4 is 18.7 Å². The zero-order valence-electron chi connectivity index (χ0n) is 20.5. The van der Waals surface area contributed by atoms with Gasteiger partial charge in [-0.3, -0.25) is 14.6 Å². The minimum absolute atomic E-state index is 0.0996. The maximum atomic E-state index is 13.5. The van der Waals surface area contributed by atoms with Crippen LogP contribution in [0.15, 0.2) is 48.9 Å². The summed E-state index contributed by atoms with van der Waals surface area (Å²) in [7, 11) is 0. The SMILES string of the molecule is CC(C)C[C@H](NC(=O)[C@H](Cc1ccccc1)NC(=O)c1cnccn1)B1OC(C)(C)C1(C)C. The molecule has 7 nitrogen and oxygen atoms in total. The Balaban J connectivity index is 1.80. The summed E-state index contributed by atoms with van der Waals surface area (Å²) in [6.45, 7) is 12.7. The fourth-order valence-corrected chi connectivity index (χ4v) is 4.24. The van der Waals surface area contributed by atoms with Crippen molar-refractivity contribution < 1.29 is 14.2 Å². The van der Waals surface area contributed by atoms with Crippen molar-refractivity contribution in [2.24, 2.45) is 5.92 Å². The maximum Gasteiger partial charge on any atom is 0.324 e. The molecule has 2 atom stereocenters. The van der Waals surface area contributed by atoms with E-state index in [2.05, 4.69) is 62.1 Å². The zero-order chi connectivity index (χ0) is 24.2. The van der Waals surface area contributed by atoms with Crippen molar-refractivity contribution in [1.82, 2.24) is 20.6 Å². The van der Waals surface area contributed by atoms with Gasteiger partial charge in [0.15, 0.2) is 0 Å². The van der Waals surface area contributed by atoms with E-state index in [1.807, 2.05) is 30.3 Å². The van der Waals surface area contributed by atoms with Gasteiger partial charge in [0.05, 0.1) is 6.20 Å². The zero-order valence-corrected chi connectivity index (χ0v) is 20.5. The molecule has 8 heteroatoms. The number of benzene rings is 1. The van der Waals surface area contributed by atoms with Gasteiger partial charge >= 0.3 is 6.92 Å². The number of amides is 2. The molecular weight excluding hydrogens is 415 g/mol. The first-order valence-corrected chi connectivity index (χ1v) is 11.6. The van der Waals surface area contributed by atoms with E-state index in [-0.39, 0.29) is 35.4 Å². The van der Waals surface area contributed by atoms with Gasteiger partial charge in [-0.2, -0.15) is 0 Å². The van der Waals surface area contributed by atoms with Gasteiger partial charge in [0, 0.05) is 30.4 Å². The van der Waals surface area contributed by atoms with Crippen LogP contribution in [0.1, 0.15) is 64.0 Å². The highest BCUT2D eigenvalue weighted by Gasteiger charge is 2.61. The van der Waals surface area contributed by atoms with E-state index < -0.39 is 11.9 Å². The number of hydrogen-bond acceptors (Lipinski definition) is 5. The topological polar surface area (TPSA) is 93.2 Å². The Kier molecular flexibility index (Phi) is 7.57. The second-order valence-corrected chi connectivity index (χ2v) is 10.3. The van der Waals surface area contributed by atoms with Crippen molar-refractivity contribution in [3.8, 4) is 0 Å². The highest BCUT2D eigenvalue weighted by molar-refractivity contribution is 6.61. The molecule has 0 spiro atoms. The van der Waals surface area contributed by atoms with Crippen molar-refractivity contribution in [2.45, 2.75) is 77.3 Å². The van der Waals surface area contributed by atoms with Crippen LogP contribution >= 0.6 is 0 Å². The lowest BCUT2D eigenvalue weighted by molar-refractivity contribution is -0.123. The van der Waals surface area contributed by atoms with Gasteiger partial charge in [0.1, 0.15) is 11.7 Å². The minimum Gasteiger partial charge on any atom is -0.428 e. The van der Waals surface area contributed by atoms with Gasteiger partial charge in [-0.1, -0.05) is 58.0 Å². The molecule has 0 saturated carbocycles. The third kappa shape index (κ3) is 5.80. The molecule has 2 heterocycles. The number of nitrogens with zero attached hydrogens (tertiary/aromatic N) is 2. The van der Waals surface area contributed by atoms with Crippen molar-refractivity contribution in [2.75, 3.05) is 0 Å². The smallest absolute Gasteiger partial charge is 0.324 e. The molecule has 176 valence electrons. The van der Waals surface area contributed by atoms with Crippen LogP contribution in [0.5, 0.6) is 0 Å². The van der Waals surface area contributed by atoms with Gasteiger partial charge in [-0.25, -0.2) is 4.98 Å². The van der Waals surface area contributed by atoms with Crippen LogP contribution < -0.4 is 10.6 Å². The Labute approximate surface area is 197 Å². The summed E-state index contributed by atoms with van der Waals surface area (Å²) in [6.07, 6.45) is 5.50. The van der Waals surface area contributed by atoms with Crippen molar-refractivity contribution in [1.29, 1.82) is 0 Å². The fourth-order valence-electron chi connectivity index (χ4n) is 4.24. The Morgan fingerprint density at radius 2 is 1.76 bits per heavy atom. The monoisotopic (exact) mass is 450 g/mol. The number of aromatic nitrogens is 2. The first kappa shape index (κ1) is 24.9. The fraction of sp³-hybridized carbons (Fsp3) is 0.520. The van der Waals surface area contributed by atoms with Gasteiger partial charge in [0.25, 0.3) is 5.91 Å². The molecule has 1 aromatic heterocycles. The molecule has 0 radical (unpaired) electrons. The van der Waals surface area contributed by atoms with Gasteiger partial charge in [-0.05, 0) is 37.1 Å². The first-order valence-electron chi connectivity index (χ1n) is 11.6. The second-order valence-electron chi connectivity index (χ2n) is 10.3. The molecule has 0 aliphatic carbocycles. The molecule has 2 N–H and O–H groups in total. The molecule has 1 aliphatic heterocycles. The van der Waals surface area contributed by atoms with Crippen LogP contribution in [0.4, 0.5) is 0 Å². The molecule has 2 aromatic rings. The Hall–Kier alpha value is -2.74. The van der Waals surface area contributed by atoms with E-state index >= 15 is 0 Å². The average molecular weight is 450 g/mol. The molecule has 1 fully saturated rings. The molecule has 1 aromatic carbocycles. The van der Waals surface area contributed by atoms with E-state index in [0.717, 1.165) is 12.0 Å². The Morgan fingerprint density at radius 1 is 1.06 bits per heavy atom. The van der Waals surface area contributed by atoms with E-state index in [1.54, 1.807) is 0 Å². The third-order valence-electron chi connectivity index (χ3n) is 6.80. The molecule has 3 rings (SSSR count). The van der Waals surface area contributed by atoms with E-state index in [9.17, 15) is 9.59 Å². The summed E-state index contributed by atoms with van der Waals surface area (Å²) in [6, 6.07) is 8.90. The number of nitrogens with one attached hydrogen (secondary N) is 2. The standard InChI is InChI=1S/C25H35BN4O3/c1-17(2)14-21(26-24(3,4)25(5,6)33-26)30-22(31)19(15-18-10-8-7-9-11-18)29-23(32)20-16-27-12-13-28-20/h7-13,16-17,19,21H,14-15H2,1-6H3,(H,29,32)(H,30,31)/t19-,21-/m0/s1. The number of rotatable bonds is 9. The first-order chi connectivity index (χ1) is 15.5. The lowest BCUT2D eigenvalue weighted by Crippen LogP contribution is -2.70. The molecule has 0 unspecified atom stereocenters. The second kappa shape index (κ2) is 10.0. The van der Waals surface area contributed by atoms with Crippen molar-refractivity contribution in [3.05, 3.63) is 60.2 Å². The quantitative estimate of drug-likeness (QED) is 0.571. The van der Waals surface area contributed by atoms with Gasteiger partial charge in [-0.15, -0.1) is 0 Å². The van der Waals surface area contributed by atoms with Crippen LogP contribution in [-0.2, 0) is 15.9 Å². The van der Waals surface area contributed by atoms with Gasteiger partial charge < -0.3 is 15.3 Å². The van der Waals surface area contributed by atoms with Crippen LogP contribution in [0.25, 0.3) is 0 Å².